The number of phenolic OH excluding ortho intramolecular Hbond substituents is 1. The zero-order valence-corrected chi connectivity index (χ0v) is 14.5. The average Bonchev–Trinajstić information content (AvgIpc) is 2.56. The lowest BCUT2D eigenvalue weighted by atomic mass is 10.2. The standard InChI is InChI=1S/C18H18ClNO5/c1-3-24-14-7-5-13(6-8-14)20-17(22)11(2)25-18(23)15-9-4-12(19)10-16(15)21/h4-11,21H,3H2,1-2H3,(H,20,22). The van der Waals surface area contributed by atoms with E-state index in [0.717, 1.165) is 0 Å². The maximum Gasteiger partial charge on any atom is 0.342 e. The molecule has 1 unspecified atom stereocenters. The lowest BCUT2D eigenvalue weighted by Gasteiger charge is -2.14. The van der Waals surface area contributed by atoms with Gasteiger partial charge in [-0.1, -0.05) is 11.6 Å². The van der Waals surface area contributed by atoms with Crippen molar-refractivity contribution in [2.24, 2.45) is 0 Å². The summed E-state index contributed by atoms with van der Waals surface area (Å²) >= 11 is 5.71. The summed E-state index contributed by atoms with van der Waals surface area (Å²) in [6.45, 7) is 3.87. The molecule has 0 bridgehead atoms. The van der Waals surface area contributed by atoms with Crippen molar-refractivity contribution in [1.82, 2.24) is 0 Å². The molecule has 0 radical (unpaired) electrons. The van der Waals surface area contributed by atoms with Crippen molar-refractivity contribution in [1.29, 1.82) is 0 Å². The Morgan fingerprint density at radius 2 is 1.88 bits per heavy atom. The van der Waals surface area contributed by atoms with E-state index in [-0.39, 0.29) is 16.3 Å². The molecule has 2 aromatic rings. The van der Waals surface area contributed by atoms with Crippen LogP contribution in [0.2, 0.25) is 5.02 Å². The van der Waals surface area contributed by atoms with Crippen molar-refractivity contribution in [2.45, 2.75) is 20.0 Å². The van der Waals surface area contributed by atoms with Gasteiger partial charge in [-0.3, -0.25) is 4.79 Å². The molecule has 2 rings (SSSR count). The number of nitrogens with one attached hydrogen (secondary N) is 1. The number of anilines is 1. The van der Waals surface area contributed by atoms with E-state index in [1.165, 1.54) is 25.1 Å². The van der Waals surface area contributed by atoms with Gasteiger partial charge in [-0.15, -0.1) is 0 Å². The van der Waals surface area contributed by atoms with Crippen molar-refractivity contribution in [3.63, 3.8) is 0 Å². The van der Waals surface area contributed by atoms with Gasteiger partial charge in [0, 0.05) is 10.7 Å². The number of amides is 1. The highest BCUT2D eigenvalue weighted by Crippen LogP contribution is 2.23. The highest BCUT2D eigenvalue weighted by Gasteiger charge is 2.21. The predicted octanol–water partition coefficient (Wildman–Crippen LogP) is 3.63. The van der Waals surface area contributed by atoms with Crippen LogP contribution >= 0.6 is 11.6 Å². The van der Waals surface area contributed by atoms with Crippen molar-refractivity contribution in [2.75, 3.05) is 11.9 Å². The van der Waals surface area contributed by atoms with Gasteiger partial charge in [0.05, 0.1) is 6.61 Å². The molecule has 0 fully saturated rings. The summed E-state index contributed by atoms with van der Waals surface area (Å²) < 4.78 is 10.4. The van der Waals surface area contributed by atoms with Crippen molar-refractivity contribution in [3.05, 3.63) is 53.1 Å². The largest absolute Gasteiger partial charge is 0.507 e. The van der Waals surface area contributed by atoms with Gasteiger partial charge in [0.2, 0.25) is 0 Å². The first-order valence-corrected chi connectivity index (χ1v) is 8.01. The Labute approximate surface area is 150 Å². The summed E-state index contributed by atoms with van der Waals surface area (Å²) in [6, 6.07) is 10.8. The predicted molar refractivity (Wildman–Crippen MR) is 94.2 cm³/mol. The molecule has 1 amide bonds. The molecule has 1 atom stereocenters. The molecule has 0 saturated carbocycles. The summed E-state index contributed by atoms with van der Waals surface area (Å²) in [5.74, 6) is -0.927. The van der Waals surface area contributed by atoms with Crippen LogP contribution in [0.4, 0.5) is 5.69 Å². The number of carbonyl (C=O) groups excluding carboxylic acids is 2. The lowest BCUT2D eigenvalue weighted by Crippen LogP contribution is -2.30. The fourth-order valence-electron chi connectivity index (χ4n) is 2.00. The van der Waals surface area contributed by atoms with Crippen molar-refractivity contribution >= 4 is 29.2 Å². The number of hydrogen-bond acceptors (Lipinski definition) is 5. The maximum atomic E-state index is 12.1. The molecule has 0 aromatic heterocycles. The molecule has 7 heteroatoms. The first-order valence-electron chi connectivity index (χ1n) is 7.64. The Morgan fingerprint density at radius 3 is 2.48 bits per heavy atom. The normalized spacial score (nSPS) is 11.5. The zero-order chi connectivity index (χ0) is 18.4. The molecule has 132 valence electrons. The van der Waals surface area contributed by atoms with Gasteiger partial charge in [-0.2, -0.15) is 0 Å². The van der Waals surface area contributed by atoms with Gasteiger partial charge < -0.3 is 19.9 Å². The molecule has 6 nitrogen and oxygen atoms in total. The monoisotopic (exact) mass is 363 g/mol. The van der Waals surface area contributed by atoms with Gasteiger partial charge in [0.15, 0.2) is 6.10 Å². The van der Waals surface area contributed by atoms with Gasteiger partial charge in [-0.25, -0.2) is 4.79 Å². The van der Waals surface area contributed by atoms with Gasteiger partial charge in [0.25, 0.3) is 5.91 Å². The third-order valence-corrected chi connectivity index (χ3v) is 3.50. The lowest BCUT2D eigenvalue weighted by molar-refractivity contribution is -0.123. The van der Waals surface area contributed by atoms with E-state index in [4.69, 9.17) is 21.1 Å². The van der Waals surface area contributed by atoms with Crippen LogP contribution in [0.3, 0.4) is 0 Å². The Kier molecular flexibility index (Phi) is 6.25. The first-order chi connectivity index (χ1) is 11.9. The second-order valence-electron chi connectivity index (χ2n) is 5.16. The minimum Gasteiger partial charge on any atom is -0.507 e. The fraction of sp³-hybridized carbons (Fsp3) is 0.222. The number of benzene rings is 2. The number of aromatic hydroxyl groups is 1. The molecule has 0 aliphatic heterocycles. The number of phenols is 1. The number of carbonyl (C=O) groups is 2. The second-order valence-corrected chi connectivity index (χ2v) is 5.59. The first kappa shape index (κ1) is 18.6. The SMILES string of the molecule is CCOc1ccc(NC(=O)C(C)OC(=O)c2ccc(Cl)cc2O)cc1. The number of rotatable bonds is 6. The quantitative estimate of drug-likeness (QED) is 0.765. The third kappa shape index (κ3) is 5.12. The van der Waals surface area contributed by atoms with Gasteiger partial charge in [0.1, 0.15) is 17.1 Å². The second kappa shape index (κ2) is 8.39. The number of esters is 1. The molecule has 0 saturated heterocycles. The van der Waals surface area contributed by atoms with E-state index < -0.39 is 18.0 Å². The van der Waals surface area contributed by atoms with E-state index in [9.17, 15) is 14.7 Å². The topological polar surface area (TPSA) is 84.9 Å². The molecule has 2 aromatic carbocycles. The highest BCUT2D eigenvalue weighted by atomic mass is 35.5. The summed E-state index contributed by atoms with van der Waals surface area (Å²) in [5.41, 5.74) is 0.482. The molecule has 25 heavy (non-hydrogen) atoms. The minimum absolute atomic E-state index is 0.0647. The van der Waals surface area contributed by atoms with E-state index in [0.29, 0.717) is 18.0 Å². The van der Waals surface area contributed by atoms with Gasteiger partial charge in [-0.05, 0) is 56.3 Å². The van der Waals surface area contributed by atoms with E-state index in [2.05, 4.69) is 5.32 Å². The molecule has 0 aliphatic rings. The third-order valence-electron chi connectivity index (χ3n) is 3.27. The highest BCUT2D eigenvalue weighted by molar-refractivity contribution is 6.30. The van der Waals surface area contributed by atoms with Crippen LogP contribution in [0.1, 0.15) is 24.2 Å². The number of ether oxygens (including phenoxy) is 2. The smallest absolute Gasteiger partial charge is 0.342 e. The number of halogens is 1. The van der Waals surface area contributed by atoms with Crippen molar-refractivity contribution in [3.8, 4) is 11.5 Å². The van der Waals surface area contributed by atoms with Gasteiger partial charge >= 0.3 is 5.97 Å². The van der Waals surface area contributed by atoms with Crippen LogP contribution in [-0.4, -0.2) is 29.7 Å². The Bertz CT molecular complexity index is 761. The van der Waals surface area contributed by atoms with Crippen LogP contribution in [-0.2, 0) is 9.53 Å². The van der Waals surface area contributed by atoms with Crippen LogP contribution < -0.4 is 10.1 Å². The Balaban J connectivity index is 1.96. The van der Waals surface area contributed by atoms with E-state index in [1.54, 1.807) is 24.3 Å². The fourth-order valence-corrected chi connectivity index (χ4v) is 2.17. The van der Waals surface area contributed by atoms with Crippen LogP contribution in [0, 0.1) is 0 Å². The molecule has 2 N–H and O–H groups in total. The molecular weight excluding hydrogens is 346 g/mol. The molecular formula is C18H18ClNO5. The van der Waals surface area contributed by atoms with Crippen LogP contribution in [0.15, 0.2) is 42.5 Å². The summed E-state index contributed by atoms with van der Waals surface area (Å²) in [6.07, 6.45) is -1.05. The summed E-state index contributed by atoms with van der Waals surface area (Å²) in [4.78, 5) is 24.2. The summed E-state index contributed by atoms with van der Waals surface area (Å²) in [7, 11) is 0. The molecule has 0 spiro atoms. The Morgan fingerprint density at radius 1 is 1.20 bits per heavy atom. The Hall–Kier alpha value is -2.73. The van der Waals surface area contributed by atoms with Crippen LogP contribution in [0.5, 0.6) is 11.5 Å². The van der Waals surface area contributed by atoms with E-state index in [1.807, 2.05) is 6.92 Å². The van der Waals surface area contributed by atoms with E-state index >= 15 is 0 Å². The van der Waals surface area contributed by atoms with Crippen molar-refractivity contribution < 1.29 is 24.2 Å². The molecule has 0 aliphatic carbocycles. The zero-order valence-electron chi connectivity index (χ0n) is 13.8. The summed E-state index contributed by atoms with van der Waals surface area (Å²) in [5, 5.41) is 12.6. The minimum atomic E-state index is -1.05. The van der Waals surface area contributed by atoms with Crippen LogP contribution in [0.25, 0.3) is 0 Å². The maximum absolute atomic E-state index is 12.1. The molecule has 0 heterocycles. The number of hydrogen-bond donors (Lipinski definition) is 2. The average molecular weight is 364 g/mol.